The minimum Gasteiger partial charge on any atom is -0.464 e. The summed E-state index contributed by atoms with van der Waals surface area (Å²) in [5, 5.41) is 0. The van der Waals surface area contributed by atoms with Gasteiger partial charge in [-0.2, -0.15) is 0 Å². The number of ketones is 1. The van der Waals surface area contributed by atoms with Crippen molar-refractivity contribution in [1.29, 1.82) is 0 Å². The molecule has 1 aromatic heterocycles. The first kappa shape index (κ1) is 20.2. The van der Waals surface area contributed by atoms with E-state index in [1.54, 1.807) is 32.8 Å². The van der Waals surface area contributed by atoms with E-state index in [0.717, 1.165) is 12.8 Å². The molecule has 7 nitrogen and oxygen atoms in total. The molecule has 1 N–H and O–H groups in total. The van der Waals surface area contributed by atoms with Crippen molar-refractivity contribution in [3.63, 3.8) is 0 Å². The molecule has 1 atom stereocenters. The Morgan fingerprint density at radius 2 is 1.88 bits per heavy atom. The van der Waals surface area contributed by atoms with Crippen molar-refractivity contribution in [1.82, 2.24) is 9.88 Å². The minimum atomic E-state index is -0.598. The van der Waals surface area contributed by atoms with Gasteiger partial charge in [0, 0.05) is 37.4 Å². The molecule has 7 heteroatoms. The van der Waals surface area contributed by atoms with Crippen LogP contribution in [-0.2, 0) is 14.3 Å². The van der Waals surface area contributed by atoms with E-state index < -0.39 is 12.0 Å². The fourth-order valence-electron chi connectivity index (χ4n) is 3.21. The van der Waals surface area contributed by atoms with Crippen LogP contribution in [0.1, 0.15) is 58.3 Å². The second-order valence-corrected chi connectivity index (χ2v) is 6.81. The van der Waals surface area contributed by atoms with Gasteiger partial charge in [-0.3, -0.25) is 9.59 Å². The van der Waals surface area contributed by atoms with Crippen molar-refractivity contribution in [3.8, 4) is 0 Å². The number of rotatable bonds is 9. The Hall–Kier alpha value is -2.15. The minimum absolute atomic E-state index is 0.0287. The fraction of sp³-hybridized carbons (Fsp3) is 0.632. The molecule has 1 aliphatic rings. The summed E-state index contributed by atoms with van der Waals surface area (Å²) < 4.78 is 9.83. The van der Waals surface area contributed by atoms with Gasteiger partial charge in [-0.15, -0.1) is 0 Å². The third-order valence-electron chi connectivity index (χ3n) is 4.88. The van der Waals surface area contributed by atoms with E-state index in [0.29, 0.717) is 36.4 Å². The zero-order valence-corrected chi connectivity index (χ0v) is 16.2. The average Bonchev–Trinajstić information content (AvgIpc) is 3.42. The Bertz CT molecular complexity index is 690. The molecule has 1 heterocycles. The molecule has 1 amide bonds. The Morgan fingerprint density at radius 1 is 1.23 bits per heavy atom. The Balaban J connectivity index is 2.26. The molecule has 0 spiro atoms. The van der Waals surface area contributed by atoms with Gasteiger partial charge in [-0.05, 0) is 45.6 Å². The van der Waals surface area contributed by atoms with Crippen LogP contribution in [0.2, 0.25) is 0 Å². The molecular weight excluding hydrogens is 336 g/mol. The van der Waals surface area contributed by atoms with E-state index in [-0.39, 0.29) is 23.3 Å². The summed E-state index contributed by atoms with van der Waals surface area (Å²) in [6.45, 7) is 6.22. The molecule has 1 aliphatic carbocycles. The molecule has 1 aromatic rings. The van der Waals surface area contributed by atoms with Gasteiger partial charge in [0.15, 0.2) is 5.78 Å². The predicted octanol–water partition coefficient (Wildman–Crippen LogP) is 2.26. The number of carbonyl (C=O) groups excluding carboxylic acids is 3. The quantitative estimate of drug-likeness (QED) is 0.412. The molecule has 2 rings (SSSR count). The number of aromatic nitrogens is 1. The summed E-state index contributed by atoms with van der Waals surface area (Å²) in [6, 6.07) is -0.598. The SMILES string of the molecule is COCCCN(C(=O)C1CC1)[C@H](C)C(=O)c1c(C)[nH]c(C(=O)OC)c1C. The second-order valence-electron chi connectivity index (χ2n) is 6.81. The second kappa shape index (κ2) is 8.49. The smallest absolute Gasteiger partial charge is 0.354 e. The summed E-state index contributed by atoms with van der Waals surface area (Å²) >= 11 is 0. The predicted molar refractivity (Wildman–Crippen MR) is 96.3 cm³/mol. The molecule has 1 saturated carbocycles. The highest BCUT2D eigenvalue weighted by atomic mass is 16.5. The molecule has 0 unspecified atom stereocenters. The number of nitrogens with zero attached hydrogens (tertiary/aromatic N) is 1. The first-order chi connectivity index (χ1) is 12.3. The highest BCUT2D eigenvalue weighted by molar-refractivity contribution is 6.06. The van der Waals surface area contributed by atoms with Crippen LogP contribution in [0.3, 0.4) is 0 Å². The third kappa shape index (κ3) is 4.15. The van der Waals surface area contributed by atoms with E-state index in [4.69, 9.17) is 9.47 Å². The molecule has 26 heavy (non-hydrogen) atoms. The Kier molecular flexibility index (Phi) is 6.58. The highest BCUT2D eigenvalue weighted by Crippen LogP contribution is 2.32. The highest BCUT2D eigenvalue weighted by Gasteiger charge is 2.38. The number of aromatic amines is 1. The largest absolute Gasteiger partial charge is 0.464 e. The van der Waals surface area contributed by atoms with Crippen molar-refractivity contribution in [2.75, 3.05) is 27.4 Å². The van der Waals surface area contributed by atoms with Crippen LogP contribution in [0.5, 0.6) is 0 Å². The number of methoxy groups -OCH3 is 2. The maximum Gasteiger partial charge on any atom is 0.354 e. The molecule has 0 radical (unpaired) electrons. The maximum atomic E-state index is 13.1. The van der Waals surface area contributed by atoms with Gasteiger partial charge in [0.2, 0.25) is 5.91 Å². The molecule has 0 aliphatic heterocycles. The van der Waals surface area contributed by atoms with Gasteiger partial charge in [0.1, 0.15) is 5.69 Å². The Morgan fingerprint density at radius 3 is 2.42 bits per heavy atom. The van der Waals surface area contributed by atoms with Crippen molar-refractivity contribution in [2.45, 2.75) is 46.1 Å². The van der Waals surface area contributed by atoms with Gasteiger partial charge in [0.05, 0.1) is 13.2 Å². The lowest BCUT2D eigenvalue weighted by Gasteiger charge is -2.29. The number of hydrogen-bond donors (Lipinski definition) is 1. The lowest BCUT2D eigenvalue weighted by atomic mass is 9.99. The van der Waals surface area contributed by atoms with Gasteiger partial charge in [-0.1, -0.05) is 0 Å². The van der Waals surface area contributed by atoms with Gasteiger partial charge < -0.3 is 19.4 Å². The number of esters is 1. The Labute approximate surface area is 154 Å². The lowest BCUT2D eigenvalue weighted by molar-refractivity contribution is -0.134. The molecule has 0 bridgehead atoms. The third-order valence-corrected chi connectivity index (χ3v) is 4.88. The van der Waals surface area contributed by atoms with E-state index in [9.17, 15) is 14.4 Å². The number of carbonyl (C=O) groups is 3. The first-order valence-electron chi connectivity index (χ1n) is 8.94. The van der Waals surface area contributed by atoms with Crippen LogP contribution in [0.15, 0.2) is 0 Å². The summed E-state index contributed by atoms with van der Waals surface area (Å²) in [5.74, 6) is -0.617. The van der Waals surface area contributed by atoms with E-state index in [2.05, 4.69) is 4.98 Å². The summed E-state index contributed by atoms with van der Waals surface area (Å²) in [4.78, 5) is 42.2. The van der Waals surface area contributed by atoms with Crippen LogP contribution >= 0.6 is 0 Å². The van der Waals surface area contributed by atoms with Crippen LogP contribution < -0.4 is 0 Å². The van der Waals surface area contributed by atoms with Crippen molar-refractivity contribution in [2.24, 2.45) is 5.92 Å². The van der Waals surface area contributed by atoms with E-state index in [1.165, 1.54) is 7.11 Å². The average molecular weight is 364 g/mol. The van der Waals surface area contributed by atoms with Crippen LogP contribution in [0.25, 0.3) is 0 Å². The van der Waals surface area contributed by atoms with Crippen molar-refractivity contribution in [3.05, 3.63) is 22.5 Å². The zero-order chi connectivity index (χ0) is 19.4. The van der Waals surface area contributed by atoms with E-state index in [1.807, 2.05) is 0 Å². The molecule has 144 valence electrons. The van der Waals surface area contributed by atoms with Crippen LogP contribution in [0, 0.1) is 19.8 Å². The molecular formula is C19H28N2O5. The van der Waals surface area contributed by atoms with Gasteiger partial charge in [0.25, 0.3) is 0 Å². The lowest BCUT2D eigenvalue weighted by Crippen LogP contribution is -2.45. The zero-order valence-electron chi connectivity index (χ0n) is 16.2. The van der Waals surface area contributed by atoms with Crippen LogP contribution in [0.4, 0.5) is 0 Å². The topological polar surface area (TPSA) is 88.7 Å². The number of H-pyrrole nitrogens is 1. The van der Waals surface area contributed by atoms with Crippen molar-refractivity contribution >= 4 is 17.7 Å². The number of ether oxygens (including phenoxy) is 2. The number of hydrogen-bond acceptors (Lipinski definition) is 5. The van der Waals surface area contributed by atoms with Gasteiger partial charge >= 0.3 is 5.97 Å². The number of amides is 1. The maximum absolute atomic E-state index is 13.1. The molecule has 0 saturated heterocycles. The first-order valence-corrected chi connectivity index (χ1v) is 8.94. The fourth-order valence-corrected chi connectivity index (χ4v) is 3.21. The van der Waals surface area contributed by atoms with E-state index >= 15 is 0 Å². The van der Waals surface area contributed by atoms with Crippen molar-refractivity contribution < 1.29 is 23.9 Å². The monoisotopic (exact) mass is 364 g/mol. The summed E-state index contributed by atoms with van der Waals surface area (Å²) in [6.07, 6.45) is 2.44. The summed E-state index contributed by atoms with van der Waals surface area (Å²) in [5.41, 5.74) is 1.90. The molecule has 1 fully saturated rings. The number of Topliss-reactive ketones (excluding diaryl/α,β-unsaturated/α-hetero) is 1. The van der Waals surface area contributed by atoms with Gasteiger partial charge in [-0.25, -0.2) is 4.79 Å². The normalized spacial score (nSPS) is 14.8. The summed E-state index contributed by atoms with van der Waals surface area (Å²) in [7, 11) is 2.91. The number of nitrogens with one attached hydrogen (secondary N) is 1. The number of aryl methyl sites for hydroxylation is 1. The molecule has 0 aromatic carbocycles. The standard InChI is InChI=1S/C19H28N2O5/c1-11-15(12(2)20-16(11)19(24)26-5)17(22)13(3)21(9-6-10-25-4)18(23)14-7-8-14/h13-14,20H,6-10H2,1-5H3/t13-/m1/s1. The van der Waals surface area contributed by atoms with Crippen LogP contribution in [-0.4, -0.2) is 61.0 Å².